The van der Waals surface area contributed by atoms with E-state index in [1.54, 1.807) is 0 Å². The highest BCUT2D eigenvalue weighted by Gasteiger charge is 2.35. The van der Waals surface area contributed by atoms with Gasteiger partial charge in [0, 0.05) is 16.9 Å². The average molecular weight is 353 g/mol. The third kappa shape index (κ3) is 4.52. The van der Waals surface area contributed by atoms with Gasteiger partial charge in [-0.2, -0.15) is 13.2 Å². The summed E-state index contributed by atoms with van der Waals surface area (Å²) >= 11 is 2.93. The first kappa shape index (κ1) is 16.5. The van der Waals surface area contributed by atoms with Crippen LogP contribution >= 0.6 is 15.9 Å². The molecule has 0 spiro atoms. The molecular formula is C12H12BrF3N2O2. The highest BCUT2D eigenvalue weighted by atomic mass is 79.9. The highest BCUT2D eigenvalue weighted by Crippen LogP contribution is 2.33. The number of amides is 2. The molecule has 1 atom stereocenters. The maximum Gasteiger partial charge on any atom is 0.417 e. The number of nitrogens with two attached hydrogens (primary N) is 1. The van der Waals surface area contributed by atoms with Crippen LogP contribution in [0.2, 0.25) is 0 Å². The molecule has 0 aliphatic heterocycles. The van der Waals surface area contributed by atoms with Crippen molar-refractivity contribution < 1.29 is 22.8 Å². The molecule has 0 radical (unpaired) electrons. The van der Waals surface area contributed by atoms with E-state index in [1.165, 1.54) is 13.0 Å². The van der Waals surface area contributed by atoms with E-state index in [1.807, 2.05) is 0 Å². The number of halogens is 4. The maximum absolute atomic E-state index is 12.9. The molecule has 0 heterocycles. The Morgan fingerprint density at radius 1 is 1.40 bits per heavy atom. The number of hydrogen-bond acceptors (Lipinski definition) is 2. The molecule has 20 heavy (non-hydrogen) atoms. The maximum atomic E-state index is 12.9. The minimum absolute atomic E-state index is 0.149. The van der Waals surface area contributed by atoms with Gasteiger partial charge in [-0.1, -0.05) is 15.9 Å². The fourth-order valence-corrected chi connectivity index (χ4v) is 1.96. The van der Waals surface area contributed by atoms with Gasteiger partial charge in [-0.05, 0) is 25.1 Å². The van der Waals surface area contributed by atoms with E-state index < -0.39 is 35.2 Å². The molecule has 0 aliphatic rings. The number of carbonyl (C=O) groups excluding carboxylic acids is 2. The number of hydrogen-bond donors (Lipinski definition) is 2. The molecular weight excluding hydrogens is 341 g/mol. The number of alkyl halides is 3. The van der Waals surface area contributed by atoms with Crippen molar-refractivity contribution in [1.82, 2.24) is 5.32 Å². The van der Waals surface area contributed by atoms with Crippen LogP contribution in [0, 0.1) is 0 Å². The van der Waals surface area contributed by atoms with Gasteiger partial charge in [0.25, 0.3) is 5.91 Å². The lowest BCUT2D eigenvalue weighted by atomic mass is 10.1. The lowest BCUT2D eigenvalue weighted by molar-refractivity contribution is -0.138. The van der Waals surface area contributed by atoms with E-state index in [9.17, 15) is 22.8 Å². The van der Waals surface area contributed by atoms with Crippen molar-refractivity contribution in [1.29, 1.82) is 0 Å². The van der Waals surface area contributed by atoms with E-state index in [0.29, 0.717) is 0 Å². The van der Waals surface area contributed by atoms with Crippen LogP contribution in [0.25, 0.3) is 0 Å². The topological polar surface area (TPSA) is 72.2 Å². The van der Waals surface area contributed by atoms with Crippen LogP contribution in [0.3, 0.4) is 0 Å². The molecule has 0 saturated carbocycles. The van der Waals surface area contributed by atoms with Crippen molar-refractivity contribution in [2.75, 3.05) is 0 Å². The van der Waals surface area contributed by atoms with Crippen molar-refractivity contribution in [3.05, 3.63) is 33.8 Å². The van der Waals surface area contributed by atoms with Crippen LogP contribution in [0.1, 0.15) is 29.3 Å². The molecule has 1 unspecified atom stereocenters. The number of primary amides is 1. The summed E-state index contributed by atoms with van der Waals surface area (Å²) in [7, 11) is 0. The van der Waals surface area contributed by atoms with Crippen LogP contribution in [-0.4, -0.2) is 17.9 Å². The van der Waals surface area contributed by atoms with E-state index in [4.69, 9.17) is 5.73 Å². The van der Waals surface area contributed by atoms with E-state index in [2.05, 4.69) is 21.2 Å². The lowest BCUT2D eigenvalue weighted by Crippen LogP contribution is -2.36. The SMILES string of the molecule is CC(CC(N)=O)NC(=O)c1ccc(Br)cc1C(F)(F)F. The summed E-state index contributed by atoms with van der Waals surface area (Å²) < 4.78 is 38.8. The monoisotopic (exact) mass is 352 g/mol. The largest absolute Gasteiger partial charge is 0.417 e. The molecule has 110 valence electrons. The quantitative estimate of drug-likeness (QED) is 0.873. The minimum atomic E-state index is -4.65. The van der Waals surface area contributed by atoms with Gasteiger partial charge < -0.3 is 11.1 Å². The Labute approximate surface area is 121 Å². The second-order valence-corrected chi connectivity index (χ2v) is 5.15. The first-order chi connectivity index (χ1) is 9.11. The van der Waals surface area contributed by atoms with Crippen LogP contribution in [0.4, 0.5) is 13.2 Å². The van der Waals surface area contributed by atoms with Gasteiger partial charge in [0.05, 0.1) is 11.1 Å². The van der Waals surface area contributed by atoms with Gasteiger partial charge in [0.1, 0.15) is 0 Å². The zero-order chi connectivity index (χ0) is 15.5. The standard InChI is InChI=1S/C12H12BrF3N2O2/c1-6(4-10(17)19)18-11(20)8-3-2-7(13)5-9(8)12(14,15)16/h2-3,5-6H,4H2,1H3,(H2,17,19)(H,18,20). The van der Waals surface area contributed by atoms with Crippen LogP contribution < -0.4 is 11.1 Å². The van der Waals surface area contributed by atoms with E-state index in [-0.39, 0.29) is 10.9 Å². The molecule has 8 heteroatoms. The second kappa shape index (κ2) is 6.25. The van der Waals surface area contributed by atoms with Gasteiger partial charge >= 0.3 is 6.18 Å². The Balaban J connectivity index is 3.01. The Bertz CT molecular complexity index is 532. The Morgan fingerprint density at radius 2 is 2.00 bits per heavy atom. The lowest BCUT2D eigenvalue weighted by Gasteiger charge is -2.16. The van der Waals surface area contributed by atoms with Crippen LogP contribution in [0.15, 0.2) is 22.7 Å². The molecule has 0 saturated heterocycles. The summed E-state index contributed by atoms with van der Waals surface area (Å²) in [6.45, 7) is 1.48. The molecule has 0 aliphatic carbocycles. The van der Waals surface area contributed by atoms with Crippen LogP contribution in [0.5, 0.6) is 0 Å². The zero-order valence-electron chi connectivity index (χ0n) is 10.4. The van der Waals surface area contributed by atoms with Crippen molar-refractivity contribution >= 4 is 27.7 Å². The smallest absolute Gasteiger partial charge is 0.370 e. The number of carbonyl (C=O) groups is 2. The van der Waals surface area contributed by atoms with Gasteiger partial charge in [-0.15, -0.1) is 0 Å². The molecule has 1 aromatic carbocycles. The van der Waals surface area contributed by atoms with Gasteiger partial charge in [0.15, 0.2) is 0 Å². The molecule has 1 rings (SSSR count). The molecule has 0 fully saturated rings. The number of rotatable bonds is 4. The Morgan fingerprint density at radius 3 is 2.50 bits per heavy atom. The van der Waals surface area contributed by atoms with Crippen molar-refractivity contribution in [2.45, 2.75) is 25.6 Å². The fraction of sp³-hybridized carbons (Fsp3) is 0.333. The zero-order valence-corrected chi connectivity index (χ0v) is 12.0. The van der Waals surface area contributed by atoms with Gasteiger partial charge in [-0.3, -0.25) is 9.59 Å². The first-order valence-corrected chi connectivity index (χ1v) is 6.36. The summed E-state index contributed by atoms with van der Waals surface area (Å²) in [4.78, 5) is 22.5. The predicted octanol–water partition coefficient (Wildman–Crippen LogP) is 2.46. The predicted molar refractivity (Wildman–Crippen MR) is 69.9 cm³/mol. The second-order valence-electron chi connectivity index (χ2n) is 4.23. The van der Waals surface area contributed by atoms with Crippen molar-refractivity contribution in [2.24, 2.45) is 5.73 Å². The van der Waals surface area contributed by atoms with E-state index >= 15 is 0 Å². The summed E-state index contributed by atoms with van der Waals surface area (Å²) in [5, 5.41) is 2.30. The third-order valence-electron chi connectivity index (χ3n) is 2.42. The Hall–Kier alpha value is -1.57. The summed E-state index contributed by atoms with van der Waals surface area (Å²) in [5.74, 6) is -1.55. The fourth-order valence-electron chi connectivity index (χ4n) is 1.60. The molecule has 2 amide bonds. The molecule has 0 bridgehead atoms. The van der Waals surface area contributed by atoms with Crippen molar-refractivity contribution in [3.63, 3.8) is 0 Å². The number of benzene rings is 1. The van der Waals surface area contributed by atoms with E-state index in [0.717, 1.165) is 12.1 Å². The molecule has 4 nitrogen and oxygen atoms in total. The average Bonchev–Trinajstić information content (AvgIpc) is 2.25. The van der Waals surface area contributed by atoms with Crippen LogP contribution in [-0.2, 0) is 11.0 Å². The third-order valence-corrected chi connectivity index (χ3v) is 2.91. The minimum Gasteiger partial charge on any atom is -0.370 e. The molecule has 1 aromatic rings. The summed E-state index contributed by atoms with van der Waals surface area (Å²) in [6.07, 6.45) is -4.80. The highest BCUT2D eigenvalue weighted by molar-refractivity contribution is 9.10. The molecule has 0 aromatic heterocycles. The summed E-state index contributed by atoms with van der Waals surface area (Å²) in [6, 6.07) is 2.58. The van der Waals surface area contributed by atoms with Gasteiger partial charge in [-0.25, -0.2) is 0 Å². The normalized spacial score (nSPS) is 12.8. The number of nitrogens with one attached hydrogen (secondary N) is 1. The first-order valence-electron chi connectivity index (χ1n) is 5.57. The summed E-state index contributed by atoms with van der Waals surface area (Å²) in [5.41, 5.74) is 3.40. The Kier molecular flexibility index (Phi) is 5.15. The van der Waals surface area contributed by atoms with Gasteiger partial charge in [0.2, 0.25) is 5.91 Å². The molecule has 3 N–H and O–H groups in total. The van der Waals surface area contributed by atoms with Crippen molar-refractivity contribution in [3.8, 4) is 0 Å².